The van der Waals surface area contributed by atoms with E-state index in [1.165, 1.54) is 12.1 Å². The van der Waals surface area contributed by atoms with Crippen molar-refractivity contribution in [1.82, 2.24) is 14.5 Å². The van der Waals surface area contributed by atoms with Crippen LogP contribution in [0.1, 0.15) is 17.0 Å². The lowest BCUT2D eigenvalue weighted by Crippen LogP contribution is -2.30. The van der Waals surface area contributed by atoms with Gasteiger partial charge in [-0.25, -0.2) is 9.37 Å². The van der Waals surface area contributed by atoms with Gasteiger partial charge in [-0.3, -0.25) is 4.57 Å². The molecule has 1 aliphatic heterocycles. The van der Waals surface area contributed by atoms with Crippen LogP contribution in [0.25, 0.3) is 16.9 Å². The minimum absolute atomic E-state index is 0. The second-order valence-electron chi connectivity index (χ2n) is 7.89. The van der Waals surface area contributed by atoms with Gasteiger partial charge in [0.1, 0.15) is 11.6 Å². The second-order valence-corrected chi connectivity index (χ2v) is 7.89. The lowest BCUT2D eigenvalue weighted by atomic mass is 9.78. The first-order valence-electron chi connectivity index (χ1n) is 10.4. The van der Waals surface area contributed by atoms with Crippen molar-refractivity contribution in [3.63, 3.8) is 0 Å². The minimum atomic E-state index is -1.58. The molecular weight excluding hydrogens is 446 g/mol. The molecule has 0 bridgehead atoms. The number of hydrogen-bond donors (Lipinski definition) is 2. The third-order valence-electron chi connectivity index (χ3n) is 5.84. The highest BCUT2D eigenvalue weighted by Crippen LogP contribution is 2.32. The van der Waals surface area contributed by atoms with E-state index < -0.39 is 7.12 Å². The molecule has 10 heteroatoms. The monoisotopic (exact) mass is 468 g/mol. The molecule has 0 amide bonds. The highest BCUT2D eigenvalue weighted by molar-refractivity contribution is 6.61. The van der Waals surface area contributed by atoms with Gasteiger partial charge < -0.3 is 19.7 Å². The predicted octanol–water partition coefficient (Wildman–Crippen LogP) is 2.81. The van der Waals surface area contributed by atoms with Crippen molar-refractivity contribution >= 4 is 47.4 Å². The lowest BCUT2D eigenvalue weighted by molar-refractivity contribution is 0.109. The van der Waals surface area contributed by atoms with Gasteiger partial charge in [0.05, 0.1) is 24.4 Å². The van der Waals surface area contributed by atoms with Gasteiger partial charge in [0.2, 0.25) is 5.95 Å². The molecule has 7 nitrogen and oxygen atoms in total. The summed E-state index contributed by atoms with van der Waals surface area (Å²) in [5, 5.41) is 20.3. The zero-order valence-corrected chi connectivity index (χ0v) is 19.0. The third kappa shape index (κ3) is 4.09. The summed E-state index contributed by atoms with van der Waals surface area (Å²) >= 11 is 0. The van der Waals surface area contributed by atoms with Crippen LogP contribution >= 0.6 is 12.4 Å². The van der Waals surface area contributed by atoms with Crippen molar-refractivity contribution < 1.29 is 19.2 Å². The molecule has 0 saturated carbocycles. The van der Waals surface area contributed by atoms with Crippen LogP contribution in [0.2, 0.25) is 0 Å². The predicted molar refractivity (Wildman–Crippen MR) is 128 cm³/mol. The van der Waals surface area contributed by atoms with E-state index in [1.54, 1.807) is 18.2 Å². The first-order valence-corrected chi connectivity index (χ1v) is 10.4. The number of aryl methyl sites for hydroxylation is 1. The molecule has 33 heavy (non-hydrogen) atoms. The van der Waals surface area contributed by atoms with E-state index in [2.05, 4.69) is 0 Å². The fourth-order valence-electron chi connectivity index (χ4n) is 4.26. The van der Waals surface area contributed by atoms with Crippen LogP contribution in [0, 0.1) is 12.7 Å². The molecule has 0 fully saturated rings. The normalized spacial score (nSPS) is 12.9. The van der Waals surface area contributed by atoms with Gasteiger partial charge in [-0.15, -0.1) is 12.4 Å². The Morgan fingerprint density at radius 1 is 1.12 bits per heavy atom. The Kier molecular flexibility index (Phi) is 6.40. The SMILES string of the molecule is Cc1cc2c(B(O)O)cccc2n1-c1nc2c(c(N(C)c3cccc(F)c3)n1)COCC2.Cl. The number of ether oxygens (including phenoxy) is 1. The van der Waals surface area contributed by atoms with E-state index in [1.807, 2.05) is 41.6 Å². The van der Waals surface area contributed by atoms with Gasteiger partial charge >= 0.3 is 7.12 Å². The fraction of sp³-hybridized carbons (Fsp3) is 0.217. The Hall–Kier alpha value is -2.98. The lowest BCUT2D eigenvalue weighted by Gasteiger charge is -2.26. The van der Waals surface area contributed by atoms with Crippen molar-refractivity contribution in [1.29, 1.82) is 0 Å². The smallest absolute Gasteiger partial charge is 0.423 e. The van der Waals surface area contributed by atoms with Crippen LogP contribution in [0.4, 0.5) is 15.9 Å². The van der Waals surface area contributed by atoms with Crippen molar-refractivity contribution in [2.45, 2.75) is 20.0 Å². The highest BCUT2D eigenvalue weighted by Gasteiger charge is 2.24. The van der Waals surface area contributed by atoms with Crippen molar-refractivity contribution in [3.05, 3.63) is 71.3 Å². The zero-order chi connectivity index (χ0) is 22.4. The molecule has 4 aromatic rings. The summed E-state index contributed by atoms with van der Waals surface area (Å²) in [6.45, 7) is 2.88. The molecule has 0 unspecified atom stereocenters. The van der Waals surface area contributed by atoms with E-state index in [0.717, 1.165) is 27.9 Å². The largest absolute Gasteiger partial charge is 0.489 e. The molecule has 0 saturated heterocycles. The van der Waals surface area contributed by atoms with Gasteiger partial charge in [0, 0.05) is 35.8 Å². The number of fused-ring (bicyclic) bond motifs is 2. The molecule has 2 aromatic heterocycles. The number of halogens is 2. The Labute approximate surface area is 197 Å². The fourth-order valence-corrected chi connectivity index (χ4v) is 4.26. The van der Waals surface area contributed by atoms with Crippen molar-refractivity contribution in [2.24, 2.45) is 0 Å². The summed E-state index contributed by atoms with van der Waals surface area (Å²) in [7, 11) is 0.265. The number of anilines is 2. The van der Waals surface area contributed by atoms with E-state index in [0.29, 0.717) is 42.6 Å². The van der Waals surface area contributed by atoms with Crippen LogP contribution in [-0.4, -0.2) is 45.4 Å². The number of benzene rings is 2. The molecule has 0 aliphatic carbocycles. The van der Waals surface area contributed by atoms with Crippen LogP contribution < -0.4 is 10.4 Å². The van der Waals surface area contributed by atoms with Gasteiger partial charge in [-0.2, -0.15) is 4.98 Å². The standard InChI is InChI=1S/C23H22BFN4O3.ClH/c1-14-11-17-19(24(30)31)7-4-8-21(17)29(14)23-26-20-9-10-32-13-18(20)22(27-23)28(2)16-6-3-5-15(25)12-16;/h3-8,11-12,30-31H,9-10,13H2,1-2H3;1H. The molecule has 1 aliphatic rings. The summed E-state index contributed by atoms with van der Waals surface area (Å²) in [5.74, 6) is 0.798. The number of nitrogens with zero attached hydrogens (tertiary/aromatic N) is 4. The highest BCUT2D eigenvalue weighted by atomic mass is 35.5. The maximum atomic E-state index is 13.9. The molecule has 0 atom stereocenters. The maximum absolute atomic E-state index is 13.9. The Morgan fingerprint density at radius 3 is 2.67 bits per heavy atom. The molecule has 5 rings (SSSR count). The first-order chi connectivity index (χ1) is 15.4. The van der Waals surface area contributed by atoms with Crippen molar-refractivity contribution in [3.8, 4) is 5.95 Å². The van der Waals surface area contributed by atoms with Crippen LogP contribution in [0.15, 0.2) is 48.5 Å². The van der Waals surface area contributed by atoms with Crippen LogP contribution in [0.3, 0.4) is 0 Å². The van der Waals surface area contributed by atoms with Crippen LogP contribution in [-0.2, 0) is 17.8 Å². The maximum Gasteiger partial charge on any atom is 0.489 e. The first kappa shape index (κ1) is 23.2. The zero-order valence-electron chi connectivity index (χ0n) is 18.2. The second kappa shape index (κ2) is 9.11. The summed E-state index contributed by atoms with van der Waals surface area (Å²) in [6.07, 6.45) is 0.647. The average molecular weight is 469 g/mol. The third-order valence-corrected chi connectivity index (χ3v) is 5.84. The Balaban J connectivity index is 0.00000259. The number of rotatable bonds is 4. The Bertz CT molecular complexity index is 1330. The quantitative estimate of drug-likeness (QED) is 0.448. The van der Waals surface area contributed by atoms with E-state index in [9.17, 15) is 14.4 Å². The molecule has 2 N–H and O–H groups in total. The molecule has 3 heterocycles. The average Bonchev–Trinajstić information content (AvgIpc) is 3.13. The Morgan fingerprint density at radius 2 is 1.91 bits per heavy atom. The van der Waals surface area contributed by atoms with Gasteiger partial charge in [-0.05, 0) is 42.7 Å². The van der Waals surface area contributed by atoms with E-state index in [4.69, 9.17) is 14.7 Å². The minimum Gasteiger partial charge on any atom is -0.423 e. The summed E-state index contributed by atoms with van der Waals surface area (Å²) in [4.78, 5) is 11.6. The number of hydrogen-bond acceptors (Lipinski definition) is 6. The molecular formula is C23H23BClFN4O3. The van der Waals surface area contributed by atoms with E-state index in [-0.39, 0.29) is 18.2 Å². The van der Waals surface area contributed by atoms with E-state index >= 15 is 0 Å². The molecule has 0 radical (unpaired) electrons. The summed E-state index contributed by atoms with van der Waals surface area (Å²) < 4.78 is 21.5. The topological polar surface area (TPSA) is 83.6 Å². The molecule has 170 valence electrons. The molecule has 0 spiro atoms. The number of aromatic nitrogens is 3. The van der Waals surface area contributed by atoms with Gasteiger partial charge in [0.15, 0.2) is 0 Å². The summed E-state index contributed by atoms with van der Waals surface area (Å²) in [5.41, 5.74) is 4.50. The van der Waals surface area contributed by atoms with Gasteiger partial charge in [-0.1, -0.05) is 18.2 Å². The molecule has 2 aromatic carbocycles. The summed E-state index contributed by atoms with van der Waals surface area (Å²) in [6, 6.07) is 13.6. The van der Waals surface area contributed by atoms with Gasteiger partial charge in [0.25, 0.3) is 0 Å². The van der Waals surface area contributed by atoms with Crippen molar-refractivity contribution in [2.75, 3.05) is 18.6 Å². The van der Waals surface area contributed by atoms with Crippen LogP contribution in [0.5, 0.6) is 0 Å².